The van der Waals surface area contributed by atoms with E-state index in [1.54, 1.807) is 61.7 Å². The van der Waals surface area contributed by atoms with Crippen molar-refractivity contribution in [2.45, 2.75) is 6.61 Å². The first kappa shape index (κ1) is 24.8. The second kappa shape index (κ2) is 11.0. The Hall–Kier alpha value is -4.30. The van der Waals surface area contributed by atoms with E-state index in [4.69, 9.17) is 30.5 Å². The molecule has 0 radical (unpaired) electrons. The van der Waals surface area contributed by atoms with Crippen LogP contribution in [-0.4, -0.2) is 43.0 Å². The molecular formula is C27H23ClN2O6. The van der Waals surface area contributed by atoms with E-state index in [9.17, 15) is 9.59 Å². The number of aromatic nitrogens is 2. The Morgan fingerprint density at radius 3 is 2.22 bits per heavy atom. The molecule has 8 nitrogen and oxygen atoms in total. The third-order valence-electron chi connectivity index (χ3n) is 5.43. The Labute approximate surface area is 212 Å². The standard InChI is InChI=1S/C27H23ClN2O6/c1-33-21-14-13-17(15-18(21)16-36-22-12-8-7-11-20(22)28)24-23(26(31)34-2)25(27(32)35-3)30(29-24)19-9-5-4-6-10-19/h4-15H,16H2,1-3H3. The number of halogens is 1. The van der Waals surface area contributed by atoms with Gasteiger partial charge in [0, 0.05) is 11.1 Å². The molecule has 0 saturated heterocycles. The fourth-order valence-electron chi connectivity index (χ4n) is 3.71. The lowest BCUT2D eigenvalue weighted by Gasteiger charge is -2.13. The number of esters is 2. The molecule has 184 valence electrons. The third kappa shape index (κ3) is 4.89. The summed E-state index contributed by atoms with van der Waals surface area (Å²) in [7, 11) is 4.03. The second-order valence-corrected chi connectivity index (χ2v) is 7.96. The Balaban J connectivity index is 1.86. The fourth-order valence-corrected chi connectivity index (χ4v) is 3.90. The van der Waals surface area contributed by atoms with Gasteiger partial charge in [0.15, 0.2) is 5.69 Å². The molecule has 0 amide bonds. The van der Waals surface area contributed by atoms with Crippen molar-refractivity contribution in [1.29, 1.82) is 0 Å². The van der Waals surface area contributed by atoms with Crippen LogP contribution >= 0.6 is 11.6 Å². The van der Waals surface area contributed by atoms with Gasteiger partial charge in [0.1, 0.15) is 29.4 Å². The fraction of sp³-hybridized carbons (Fsp3) is 0.148. The maximum Gasteiger partial charge on any atom is 0.357 e. The molecule has 9 heteroatoms. The summed E-state index contributed by atoms with van der Waals surface area (Å²) < 4.78 is 22.8. The Morgan fingerprint density at radius 1 is 0.861 bits per heavy atom. The number of carbonyl (C=O) groups excluding carboxylic acids is 2. The summed E-state index contributed by atoms with van der Waals surface area (Å²) in [5.74, 6) is -0.365. The van der Waals surface area contributed by atoms with Crippen LogP contribution in [-0.2, 0) is 16.1 Å². The Kier molecular flexibility index (Phi) is 7.56. The molecule has 0 unspecified atom stereocenters. The lowest BCUT2D eigenvalue weighted by Crippen LogP contribution is -2.15. The van der Waals surface area contributed by atoms with Crippen LogP contribution in [0.1, 0.15) is 26.4 Å². The van der Waals surface area contributed by atoms with Gasteiger partial charge in [-0.25, -0.2) is 14.3 Å². The van der Waals surface area contributed by atoms with E-state index in [0.717, 1.165) is 0 Å². The predicted octanol–water partition coefficient (Wildman–Crippen LogP) is 5.35. The molecule has 36 heavy (non-hydrogen) atoms. The van der Waals surface area contributed by atoms with Crippen molar-refractivity contribution in [1.82, 2.24) is 9.78 Å². The minimum Gasteiger partial charge on any atom is -0.496 e. The SMILES string of the molecule is COC(=O)c1c(-c2ccc(OC)c(COc3ccccc3Cl)c2)nn(-c2ccccc2)c1C(=O)OC. The molecule has 1 aromatic heterocycles. The molecule has 0 aliphatic carbocycles. The molecule has 1 heterocycles. The Morgan fingerprint density at radius 2 is 1.56 bits per heavy atom. The monoisotopic (exact) mass is 506 g/mol. The summed E-state index contributed by atoms with van der Waals surface area (Å²) in [6.45, 7) is 0.136. The molecule has 3 aromatic carbocycles. The average Bonchev–Trinajstić information content (AvgIpc) is 3.33. The number of hydrogen-bond donors (Lipinski definition) is 0. The first-order chi connectivity index (χ1) is 17.5. The van der Waals surface area contributed by atoms with Gasteiger partial charge in [-0.05, 0) is 42.5 Å². The summed E-state index contributed by atoms with van der Waals surface area (Å²) in [5, 5.41) is 5.11. The zero-order valence-electron chi connectivity index (χ0n) is 19.9. The predicted molar refractivity (Wildman–Crippen MR) is 134 cm³/mol. The summed E-state index contributed by atoms with van der Waals surface area (Å²) in [5.41, 5.74) is 1.98. The number of hydrogen-bond acceptors (Lipinski definition) is 7. The quantitative estimate of drug-likeness (QED) is 0.297. The van der Waals surface area contributed by atoms with Crippen LogP contribution < -0.4 is 9.47 Å². The molecule has 0 atom stereocenters. The highest BCUT2D eigenvalue weighted by Crippen LogP contribution is 2.33. The Bertz CT molecular complexity index is 1400. The summed E-state index contributed by atoms with van der Waals surface area (Å²) in [6, 6.07) is 21.3. The normalized spacial score (nSPS) is 10.6. The van der Waals surface area contributed by atoms with Crippen molar-refractivity contribution in [3.63, 3.8) is 0 Å². The summed E-state index contributed by atoms with van der Waals surface area (Å²) in [6.07, 6.45) is 0. The van der Waals surface area contributed by atoms with Crippen molar-refractivity contribution >= 4 is 23.5 Å². The van der Waals surface area contributed by atoms with Crippen LogP contribution in [0.4, 0.5) is 0 Å². The number of nitrogens with zero attached hydrogens (tertiary/aromatic N) is 2. The molecule has 0 aliphatic rings. The average molecular weight is 507 g/mol. The first-order valence-corrected chi connectivity index (χ1v) is 11.3. The van der Waals surface area contributed by atoms with Crippen LogP contribution in [0.25, 0.3) is 16.9 Å². The molecule has 0 saturated carbocycles. The third-order valence-corrected chi connectivity index (χ3v) is 5.74. The second-order valence-electron chi connectivity index (χ2n) is 7.55. The van der Waals surface area contributed by atoms with Gasteiger partial charge in [0.2, 0.25) is 0 Å². The molecule has 0 bridgehead atoms. The minimum absolute atomic E-state index is 0.0173. The number of methoxy groups -OCH3 is 3. The van der Waals surface area contributed by atoms with Crippen LogP contribution in [0.3, 0.4) is 0 Å². The highest BCUT2D eigenvalue weighted by atomic mass is 35.5. The lowest BCUT2D eigenvalue weighted by atomic mass is 10.0. The number of rotatable bonds is 8. The number of carbonyl (C=O) groups is 2. The highest BCUT2D eigenvalue weighted by molar-refractivity contribution is 6.32. The van der Waals surface area contributed by atoms with E-state index in [1.807, 2.05) is 18.2 Å². The van der Waals surface area contributed by atoms with E-state index in [0.29, 0.717) is 33.3 Å². The van der Waals surface area contributed by atoms with Crippen LogP contribution in [0.5, 0.6) is 11.5 Å². The lowest BCUT2D eigenvalue weighted by molar-refractivity contribution is 0.0549. The van der Waals surface area contributed by atoms with Crippen LogP contribution in [0.15, 0.2) is 72.8 Å². The molecular weight excluding hydrogens is 484 g/mol. The molecule has 0 spiro atoms. The van der Waals surface area contributed by atoms with E-state index in [1.165, 1.54) is 18.9 Å². The van der Waals surface area contributed by atoms with Gasteiger partial charge in [-0.3, -0.25) is 0 Å². The van der Waals surface area contributed by atoms with Gasteiger partial charge in [-0.2, -0.15) is 5.10 Å². The van der Waals surface area contributed by atoms with E-state index < -0.39 is 11.9 Å². The highest BCUT2D eigenvalue weighted by Gasteiger charge is 2.31. The zero-order chi connectivity index (χ0) is 25.7. The van der Waals surface area contributed by atoms with Gasteiger partial charge < -0.3 is 18.9 Å². The topological polar surface area (TPSA) is 88.9 Å². The van der Waals surface area contributed by atoms with Crippen LogP contribution in [0, 0.1) is 0 Å². The molecule has 0 N–H and O–H groups in total. The largest absolute Gasteiger partial charge is 0.496 e. The van der Waals surface area contributed by atoms with E-state index in [-0.39, 0.29) is 23.6 Å². The number of para-hydroxylation sites is 2. The van der Waals surface area contributed by atoms with E-state index >= 15 is 0 Å². The van der Waals surface area contributed by atoms with Crippen molar-refractivity contribution in [3.8, 4) is 28.4 Å². The smallest absolute Gasteiger partial charge is 0.357 e. The minimum atomic E-state index is -0.728. The number of benzene rings is 3. The van der Waals surface area contributed by atoms with Gasteiger partial charge in [0.25, 0.3) is 0 Å². The molecule has 0 aliphatic heterocycles. The number of ether oxygens (including phenoxy) is 4. The van der Waals surface area contributed by atoms with Crippen molar-refractivity contribution in [3.05, 3.63) is 94.6 Å². The van der Waals surface area contributed by atoms with Crippen molar-refractivity contribution in [2.75, 3.05) is 21.3 Å². The molecule has 4 aromatic rings. The van der Waals surface area contributed by atoms with Crippen molar-refractivity contribution < 1.29 is 28.5 Å². The van der Waals surface area contributed by atoms with Gasteiger partial charge in [0.05, 0.1) is 32.0 Å². The van der Waals surface area contributed by atoms with Gasteiger partial charge >= 0.3 is 11.9 Å². The van der Waals surface area contributed by atoms with Gasteiger partial charge in [-0.1, -0.05) is 41.9 Å². The summed E-state index contributed by atoms with van der Waals surface area (Å²) >= 11 is 6.22. The van der Waals surface area contributed by atoms with Crippen molar-refractivity contribution in [2.24, 2.45) is 0 Å². The van der Waals surface area contributed by atoms with Gasteiger partial charge in [-0.15, -0.1) is 0 Å². The summed E-state index contributed by atoms with van der Waals surface area (Å²) in [4.78, 5) is 25.7. The molecule has 0 fully saturated rings. The maximum absolute atomic E-state index is 12.9. The zero-order valence-corrected chi connectivity index (χ0v) is 20.6. The molecule has 4 rings (SSSR count). The van der Waals surface area contributed by atoms with Crippen LogP contribution in [0.2, 0.25) is 5.02 Å². The van der Waals surface area contributed by atoms with E-state index in [2.05, 4.69) is 5.10 Å². The first-order valence-electron chi connectivity index (χ1n) is 10.9. The maximum atomic E-state index is 12.9.